The molecule has 1 aromatic carbocycles. The predicted octanol–water partition coefficient (Wildman–Crippen LogP) is 3.40. The molecule has 0 saturated carbocycles. The van der Waals surface area contributed by atoms with E-state index in [4.69, 9.17) is 16.7 Å². The average molecular weight is 339 g/mol. The predicted molar refractivity (Wildman–Crippen MR) is 77.6 cm³/mol. The second-order valence-electron chi connectivity index (χ2n) is 4.23. The van der Waals surface area contributed by atoms with Crippen molar-refractivity contribution in [3.8, 4) is 0 Å². The van der Waals surface area contributed by atoms with Crippen LogP contribution in [0.4, 0.5) is 0 Å². The van der Waals surface area contributed by atoms with Crippen LogP contribution in [0.1, 0.15) is 11.7 Å². The summed E-state index contributed by atoms with van der Waals surface area (Å²) < 4.78 is 8.87. The summed E-state index contributed by atoms with van der Waals surface area (Å²) in [6.07, 6.45) is 0.661. The van der Waals surface area contributed by atoms with Gasteiger partial charge in [0, 0.05) is 17.4 Å². The zero-order valence-corrected chi connectivity index (χ0v) is 12.6. The van der Waals surface area contributed by atoms with E-state index >= 15 is 0 Å². The number of aromatic nitrogens is 4. The second-order valence-corrected chi connectivity index (χ2v) is 5.53. The molecule has 0 radical (unpaired) electrons. The van der Waals surface area contributed by atoms with Crippen molar-refractivity contribution in [1.29, 1.82) is 0 Å². The van der Waals surface area contributed by atoms with E-state index in [1.165, 1.54) is 0 Å². The van der Waals surface area contributed by atoms with Gasteiger partial charge in [-0.05, 0) is 37.3 Å². The maximum atomic E-state index is 5.34. The molecule has 7 heteroatoms. The zero-order chi connectivity index (χ0) is 13.4. The molecule has 0 unspecified atom stereocenters. The summed E-state index contributed by atoms with van der Waals surface area (Å²) in [4.78, 5) is 7.38. The van der Waals surface area contributed by atoms with Crippen LogP contribution in [0.15, 0.2) is 27.2 Å². The number of nitrogens with zero attached hydrogens (tertiary/aromatic N) is 3. The number of aromatic amines is 1. The Kier molecular flexibility index (Phi) is 3.24. The number of rotatable bonds is 3. The Labute approximate surface area is 122 Å². The molecule has 0 aliphatic heterocycles. The lowest BCUT2D eigenvalue weighted by Crippen LogP contribution is -2.01. The lowest BCUT2D eigenvalue weighted by Gasteiger charge is -2.02. The van der Waals surface area contributed by atoms with Crippen LogP contribution < -0.4 is 0 Å². The lowest BCUT2D eigenvalue weighted by atomic mass is 10.3. The fourth-order valence-electron chi connectivity index (χ4n) is 2.00. The number of halogens is 1. The van der Waals surface area contributed by atoms with Crippen LogP contribution in [0.3, 0.4) is 0 Å². The van der Waals surface area contributed by atoms with E-state index in [-0.39, 0.29) is 0 Å². The van der Waals surface area contributed by atoms with Crippen molar-refractivity contribution in [2.75, 3.05) is 0 Å². The van der Waals surface area contributed by atoms with Gasteiger partial charge in [0.25, 0.3) is 0 Å². The van der Waals surface area contributed by atoms with Crippen molar-refractivity contribution in [2.24, 2.45) is 0 Å². The van der Waals surface area contributed by atoms with Gasteiger partial charge in [-0.25, -0.2) is 0 Å². The number of hydrogen-bond acceptors (Lipinski definition) is 4. The largest absolute Gasteiger partial charge is 0.339 e. The van der Waals surface area contributed by atoms with E-state index in [2.05, 4.69) is 31.1 Å². The number of fused-ring (bicyclic) bond motifs is 1. The Morgan fingerprint density at radius 2 is 2.32 bits per heavy atom. The minimum atomic E-state index is 0.628. The fourth-order valence-corrected chi connectivity index (χ4v) is 2.65. The molecule has 0 bridgehead atoms. The minimum Gasteiger partial charge on any atom is -0.339 e. The first-order chi connectivity index (χ1) is 9.13. The summed E-state index contributed by atoms with van der Waals surface area (Å²) in [6, 6.07) is 6.03. The Balaban J connectivity index is 1.94. The molecule has 5 nitrogen and oxygen atoms in total. The number of H-pyrrole nitrogens is 1. The lowest BCUT2D eigenvalue weighted by molar-refractivity contribution is 0.369. The number of hydrogen-bond donors (Lipinski definition) is 1. The third-order valence-electron chi connectivity index (χ3n) is 2.86. The molecule has 0 aliphatic rings. The highest BCUT2D eigenvalue weighted by Crippen LogP contribution is 2.20. The van der Waals surface area contributed by atoms with Gasteiger partial charge in [-0.3, -0.25) is 0 Å². The smallest absolute Gasteiger partial charge is 0.228 e. The normalized spacial score (nSPS) is 11.3. The van der Waals surface area contributed by atoms with Gasteiger partial charge in [-0.15, -0.1) is 0 Å². The first kappa shape index (κ1) is 12.6. The van der Waals surface area contributed by atoms with Gasteiger partial charge in [0.1, 0.15) is 0 Å². The average Bonchev–Trinajstić information content (AvgIpc) is 2.90. The van der Waals surface area contributed by atoms with Crippen LogP contribution in [0.5, 0.6) is 0 Å². The van der Waals surface area contributed by atoms with Crippen LogP contribution in [0.25, 0.3) is 11.0 Å². The SMILES string of the molecule is Cc1noc(CCn2c(=S)[nH]c3ccc(Br)cc32)n1. The van der Waals surface area contributed by atoms with Crippen LogP contribution in [0, 0.1) is 11.7 Å². The van der Waals surface area contributed by atoms with Gasteiger partial charge in [-0.2, -0.15) is 4.98 Å². The summed E-state index contributed by atoms with van der Waals surface area (Å²) in [5, 5.41) is 3.78. The number of nitrogens with one attached hydrogen (secondary N) is 1. The first-order valence-corrected chi connectivity index (χ1v) is 7.01. The Hall–Kier alpha value is -1.47. The molecule has 3 aromatic rings. The summed E-state index contributed by atoms with van der Waals surface area (Å²) in [5.41, 5.74) is 2.09. The molecule has 0 spiro atoms. The molecule has 19 heavy (non-hydrogen) atoms. The van der Waals surface area contributed by atoms with E-state index in [0.29, 0.717) is 29.5 Å². The highest BCUT2D eigenvalue weighted by atomic mass is 79.9. The van der Waals surface area contributed by atoms with E-state index in [1.807, 2.05) is 29.7 Å². The maximum Gasteiger partial charge on any atom is 0.228 e. The molecule has 0 fully saturated rings. The first-order valence-electron chi connectivity index (χ1n) is 5.81. The highest BCUT2D eigenvalue weighted by molar-refractivity contribution is 9.10. The Bertz CT molecular complexity index is 788. The molecule has 2 aromatic heterocycles. The summed E-state index contributed by atoms with van der Waals surface area (Å²) in [5.74, 6) is 1.28. The molecular weight excluding hydrogens is 328 g/mol. The third kappa shape index (κ3) is 2.48. The van der Waals surface area contributed by atoms with Crippen molar-refractivity contribution in [2.45, 2.75) is 19.9 Å². The molecule has 0 saturated heterocycles. The Morgan fingerprint density at radius 3 is 3.05 bits per heavy atom. The van der Waals surface area contributed by atoms with E-state index in [1.54, 1.807) is 0 Å². The highest BCUT2D eigenvalue weighted by Gasteiger charge is 2.08. The number of benzene rings is 1. The van der Waals surface area contributed by atoms with Gasteiger partial charge < -0.3 is 14.1 Å². The second kappa shape index (κ2) is 4.90. The zero-order valence-electron chi connectivity index (χ0n) is 10.2. The van der Waals surface area contributed by atoms with Crippen LogP contribution >= 0.6 is 28.1 Å². The van der Waals surface area contributed by atoms with E-state index in [9.17, 15) is 0 Å². The van der Waals surface area contributed by atoms with Crippen molar-refractivity contribution in [1.82, 2.24) is 19.7 Å². The van der Waals surface area contributed by atoms with Crippen molar-refractivity contribution in [3.63, 3.8) is 0 Å². The van der Waals surface area contributed by atoms with E-state index in [0.717, 1.165) is 15.5 Å². The fraction of sp³-hybridized carbons (Fsp3) is 0.250. The van der Waals surface area contributed by atoms with Gasteiger partial charge in [0.15, 0.2) is 10.6 Å². The monoisotopic (exact) mass is 338 g/mol. The molecule has 3 rings (SSSR count). The molecule has 98 valence electrons. The van der Waals surface area contributed by atoms with Gasteiger partial charge in [0.2, 0.25) is 5.89 Å². The molecule has 0 aliphatic carbocycles. The maximum absolute atomic E-state index is 5.34. The van der Waals surface area contributed by atoms with Crippen molar-refractivity contribution in [3.05, 3.63) is 39.2 Å². The van der Waals surface area contributed by atoms with Crippen molar-refractivity contribution < 1.29 is 4.52 Å². The molecule has 2 heterocycles. The minimum absolute atomic E-state index is 0.628. The number of imidazole rings is 1. The summed E-state index contributed by atoms with van der Waals surface area (Å²) >= 11 is 8.82. The Morgan fingerprint density at radius 1 is 1.47 bits per heavy atom. The van der Waals surface area contributed by atoms with Crippen LogP contribution in [-0.2, 0) is 13.0 Å². The molecule has 1 N–H and O–H groups in total. The van der Waals surface area contributed by atoms with E-state index < -0.39 is 0 Å². The molecule has 0 amide bonds. The van der Waals surface area contributed by atoms with Gasteiger partial charge >= 0.3 is 0 Å². The molecule has 0 atom stereocenters. The van der Waals surface area contributed by atoms with Crippen molar-refractivity contribution >= 4 is 39.2 Å². The number of aryl methyl sites for hydroxylation is 3. The van der Waals surface area contributed by atoms with Gasteiger partial charge in [-0.1, -0.05) is 21.1 Å². The quantitative estimate of drug-likeness (QED) is 0.743. The van der Waals surface area contributed by atoms with Gasteiger partial charge in [0.05, 0.1) is 11.0 Å². The van der Waals surface area contributed by atoms with Crippen LogP contribution in [0.2, 0.25) is 0 Å². The topological polar surface area (TPSA) is 59.6 Å². The van der Waals surface area contributed by atoms with Crippen LogP contribution in [-0.4, -0.2) is 19.7 Å². The summed E-state index contributed by atoms with van der Waals surface area (Å²) in [6.45, 7) is 2.51. The summed E-state index contributed by atoms with van der Waals surface area (Å²) in [7, 11) is 0. The standard InChI is InChI=1S/C12H11BrN4OS/c1-7-14-11(18-16-7)4-5-17-10-6-8(13)2-3-9(10)15-12(17)19/h2-3,6H,4-5H2,1H3,(H,15,19). The molecular formula is C12H11BrN4OS. The third-order valence-corrected chi connectivity index (χ3v) is 3.67.